The van der Waals surface area contributed by atoms with Crippen LogP contribution in [0.1, 0.15) is 59.9 Å². The molecule has 3 aliphatic carbocycles. The molecule has 38 heavy (non-hydrogen) atoms. The van der Waals surface area contributed by atoms with Gasteiger partial charge in [-0.25, -0.2) is 0 Å². The molecule has 2 heterocycles. The molecule has 5 aliphatic rings. The van der Waals surface area contributed by atoms with Crippen molar-refractivity contribution < 1.29 is 19.7 Å². The predicted octanol–water partition coefficient (Wildman–Crippen LogP) is 3.45. The van der Waals surface area contributed by atoms with Crippen molar-refractivity contribution in [2.45, 2.75) is 81.6 Å². The summed E-state index contributed by atoms with van der Waals surface area (Å²) in [5.41, 5.74) is 3.48. The van der Waals surface area contributed by atoms with E-state index < -0.39 is 17.1 Å². The van der Waals surface area contributed by atoms with Crippen LogP contribution in [-0.4, -0.2) is 69.8 Å². The lowest BCUT2D eigenvalue weighted by molar-refractivity contribution is -0.217. The fourth-order valence-corrected chi connectivity index (χ4v) is 8.15. The molecule has 2 N–H and O–H groups in total. The van der Waals surface area contributed by atoms with Gasteiger partial charge in [0.25, 0.3) is 5.91 Å². The standard InChI is InChI=1S/C32H36N2O4/c1-19-4-5-21(16-20(19)2)8-13-28(36)33(3)25-11-12-27-31-14-15-34(18-22-6-7-22)26(32(25,31)37)17-23-9-10-24(35)30(38-27)29(23)31/h4-5,9-10,16,22,25-27,35,37H,6-7,11-12,14-15,17-18H2,1-3H3/t25-,26-,27+,31-,32-/m1/s1. The van der Waals surface area contributed by atoms with Gasteiger partial charge in [-0.15, -0.1) is 0 Å². The first kappa shape index (κ1) is 24.1. The maximum Gasteiger partial charge on any atom is 0.298 e. The number of phenols is 1. The molecule has 2 bridgehead atoms. The molecule has 198 valence electrons. The molecule has 1 saturated heterocycles. The molecule has 0 unspecified atom stereocenters. The minimum Gasteiger partial charge on any atom is -0.504 e. The maximum absolute atomic E-state index is 13.5. The second kappa shape index (κ2) is 8.24. The number of carbonyl (C=O) groups excluding carboxylic acids is 1. The van der Waals surface area contributed by atoms with Crippen LogP contribution in [0.3, 0.4) is 0 Å². The number of aryl methyl sites for hydroxylation is 2. The van der Waals surface area contributed by atoms with Crippen LogP contribution >= 0.6 is 0 Å². The largest absolute Gasteiger partial charge is 0.504 e. The highest BCUT2D eigenvalue weighted by Crippen LogP contribution is 2.66. The summed E-state index contributed by atoms with van der Waals surface area (Å²) in [5, 5.41) is 23.8. The summed E-state index contributed by atoms with van der Waals surface area (Å²) in [6, 6.07) is 9.23. The first-order valence-corrected chi connectivity index (χ1v) is 14.1. The van der Waals surface area contributed by atoms with Crippen molar-refractivity contribution in [3.63, 3.8) is 0 Å². The smallest absolute Gasteiger partial charge is 0.298 e. The topological polar surface area (TPSA) is 73.2 Å². The van der Waals surface area contributed by atoms with Gasteiger partial charge in [-0.05, 0) is 99.7 Å². The molecule has 5 atom stereocenters. The minimum absolute atomic E-state index is 0.112. The third kappa shape index (κ3) is 3.18. The normalized spacial score (nSPS) is 32.6. The summed E-state index contributed by atoms with van der Waals surface area (Å²) in [5.74, 6) is 7.04. The highest BCUT2D eigenvalue weighted by molar-refractivity contribution is 5.94. The number of hydrogen-bond acceptors (Lipinski definition) is 5. The number of likely N-dealkylation sites (tertiary alicyclic amines) is 1. The predicted molar refractivity (Wildman–Crippen MR) is 144 cm³/mol. The molecule has 7 rings (SSSR count). The van der Waals surface area contributed by atoms with E-state index in [9.17, 15) is 15.0 Å². The Balaban J connectivity index is 1.29. The molecular weight excluding hydrogens is 476 g/mol. The van der Waals surface area contributed by atoms with Crippen LogP contribution in [0.15, 0.2) is 30.3 Å². The number of aliphatic hydroxyl groups is 1. The van der Waals surface area contributed by atoms with Crippen molar-refractivity contribution in [3.8, 4) is 23.3 Å². The van der Waals surface area contributed by atoms with Crippen molar-refractivity contribution in [1.82, 2.24) is 9.80 Å². The Morgan fingerprint density at radius 1 is 1.16 bits per heavy atom. The van der Waals surface area contributed by atoms with Crippen molar-refractivity contribution in [2.75, 3.05) is 20.1 Å². The van der Waals surface area contributed by atoms with Crippen LogP contribution in [0.4, 0.5) is 0 Å². The average molecular weight is 513 g/mol. The summed E-state index contributed by atoms with van der Waals surface area (Å²) in [6.45, 7) is 6.00. The second-order valence-corrected chi connectivity index (χ2v) is 12.3. The molecule has 1 spiro atoms. The lowest BCUT2D eigenvalue weighted by Gasteiger charge is -2.66. The molecule has 3 fully saturated rings. The lowest BCUT2D eigenvalue weighted by Crippen LogP contribution is -2.81. The van der Waals surface area contributed by atoms with Gasteiger partial charge in [-0.1, -0.05) is 18.1 Å². The first-order valence-electron chi connectivity index (χ1n) is 14.1. The van der Waals surface area contributed by atoms with Crippen molar-refractivity contribution in [2.24, 2.45) is 5.92 Å². The molecule has 1 amide bonds. The van der Waals surface area contributed by atoms with E-state index in [2.05, 4.69) is 23.7 Å². The average Bonchev–Trinajstić information content (AvgIpc) is 3.64. The number of benzene rings is 2. The number of phenolic OH excluding ortho intramolecular Hbond substituents is 1. The van der Waals surface area contributed by atoms with Crippen LogP contribution < -0.4 is 4.74 Å². The SMILES string of the molecule is Cc1ccc(C#CC(=O)N(C)[C@@H]2CC[C@@H]3Oc4c(O)ccc5c4[C@@]34CCN(CC3CC3)[C@H](C5)[C@]24O)cc1C. The zero-order valence-corrected chi connectivity index (χ0v) is 22.5. The first-order chi connectivity index (χ1) is 18.2. The number of likely N-dealkylation sites (N-methyl/N-ethyl adjacent to an activating group) is 1. The van der Waals surface area contributed by atoms with Gasteiger partial charge >= 0.3 is 0 Å². The van der Waals surface area contributed by atoms with Crippen molar-refractivity contribution >= 4 is 5.91 Å². The van der Waals surface area contributed by atoms with Gasteiger partial charge in [-0.2, -0.15) is 0 Å². The maximum atomic E-state index is 13.5. The van der Waals surface area contributed by atoms with E-state index in [1.807, 2.05) is 31.2 Å². The molecule has 2 saturated carbocycles. The number of piperidine rings is 1. The molecule has 0 radical (unpaired) electrons. The van der Waals surface area contributed by atoms with Gasteiger partial charge in [0.1, 0.15) is 11.7 Å². The number of ether oxygens (including phenoxy) is 1. The Kier molecular flexibility index (Phi) is 5.22. The zero-order chi connectivity index (χ0) is 26.4. The minimum atomic E-state index is -1.19. The summed E-state index contributed by atoms with van der Waals surface area (Å²) in [4.78, 5) is 17.7. The monoisotopic (exact) mass is 512 g/mol. The van der Waals surface area contributed by atoms with E-state index in [-0.39, 0.29) is 23.8 Å². The van der Waals surface area contributed by atoms with Crippen LogP contribution in [0.2, 0.25) is 0 Å². The van der Waals surface area contributed by atoms with Gasteiger partial charge < -0.3 is 19.8 Å². The summed E-state index contributed by atoms with van der Waals surface area (Å²) < 4.78 is 6.46. The van der Waals surface area contributed by atoms with E-state index >= 15 is 0 Å². The Bertz CT molecular complexity index is 1400. The third-order valence-corrected chi connectivity index (χ3v) is 10.4. The van der Waals surface area contributed by atoms with Gasteiger partial charge in [-0.3, -0.25) is 9.69 Å². The molecular formula is C32H36N2O4. The number of nitrogens with zero attached hydrogens (tertiary/aromatic N) is 2. The van der Waals surface area contributed by atoms with E-state index in [0.29, 0.717) is 24.5 Å². The van der Waals surface area contributed by atoms with Crippen LogP contribution in [0.25, 0.3) is 0 Å². The van der Waals surface area contributed by atoms with E-state index in [4.69, 9.17) is 4.74 Å². The number of aromatic hydroxyl groups is 1. The molecule has 6 nitrogen and oxygen atoms in total. The number of amides is 1. The van der Waals surface area contributed by atoms with Crippen LogP contribution in [-0.2, 0) is 16.6 Å². The molecule has 2 aromatic rings. The van der Waals surface area contributed by atoms with E-state index in [1.54, 1.807) is 18.0 Å². The quantitative estimate of drug-likeness (QED) is 0.617. The van der Waals surface area contributed by atoms with Gasteiger partial charge in [0.2, 0.25) is 0 Å². The van der Waals surface area contributed by atoms with E-state index in [0.717, 1.165) is 42.6 Å². The van der Waals surface area contributed by atoms with Crippen LogP contribution in [0.5, 0.6) is 11.5 Å². The molecule has 6 heteroatoms. The molecule has 2 aliphatic heterocycles. The Morgan fingerprint density at radius 2 is 1.97 bits per heavy atom. The van der Waals surface area contributed by atoms with Crippen molar-refractivity contribution in [1.29, 1.82) is 0 Å². The highest BCUT2D eigenvalue weighted by atomic mass is 16.5. The Morgan fingerprint density at radius 3 is 2.74 bits per heavy atom. The van der Waals surface area contributed by atoms with Gasteiger partial charge in [0, 0.05) is 36.7 Å². The van der Waals surface area contributed by atoms with Crippen molar-refractivity contribution in [3.05, 3.63) is 58.1 Å². The van der Waals surface area contributed by atoms with Gasteiger partial charge in [0.15, 0.2) is 11.5 Å². The molecule has 0 aromatic heterocycles. The van der Waals surface area contributed by atoms with E-state index in [1.165, 1.54) is 24.0 Å². The fraction of sp³-hybridized carbons (Fsp3) is 0.531. The third-order valence-electron chi connectivity index (χ3n) is 10.4. The lowest BCUT2D eigenvalue weighted by atomic mass is 9.47. The summed E-state index contributed by atoms with van der Waals surface area (Å²) >= 11 is 0. The summed E-state index contributed by atoms with van der Waals surface area (Å²) in [6.07, 6.45) is 5.10. The number of rotatable bonds is 3. The molecule has 2 aromatic carbocycles. The van der Waals surface area contributed by atoms with Crippen LogP contribution in [0, 0.1) is 31.6 Å². The zero-order valence-electron chi connectivity index (χ0n) is 22.5. The number of hydrogen-bond donors (Lipinski definition) is 2. The second-order valence-electron chi connectivity index (χ2n) is 12.3. The van der Waals surface area contributed by atoms with Gasteiger partial charge in [0.05, 0.1) is 11.5 Å². The Labute approximate surface area is 224 Å². The Hall–Kier alpha value is -3.01. The summed E-state index contributed by atoms with van der Waals surface area (Å²) in [7, 11) is 1.80. The fourth-order valence-electron chi connectivity index (χ4n) is 8.15. The highest BCUT2D eigenvalue weighted by Gasteiger charge is 2.74. The number of carbonyl (C=O) groups is 1.